The average molecular weight is 231 g/mol. The first-order chi connectivity index (χ1) is 8.31. The molecule has 1 N–H and O–H groups in total. The molecule has 1 aliphatic heterocycles. The Kier molecular flexibility index (Phi) is 3.06. The largest absolute Gasteiger partial charge is 0.488 e. The van der Waals surface area contributed by atoms with Gasteiger partial charge in [-0.05, 0) is 36.8 Å². The van der Waals surface area contributed by atoms with Crippen LogP contribution in [0.3, 0.4) is 0 Å². The van der Waals surface area contributed by atoms with Gasteiger partial charge in [-0.25, -0.2) is 0 Å². The Morgan fingerprint density at radius 1 is 1.29 bits per heavy atom. The summed E-state index contributed by atoms with van der Waals surface area (Å²) in [5.74, 6) is 1.98. The van der Waals surface area contributed by atoms with Crippen LogP contribution in [0.25, 0.3) is 0 Å². The van der Waals surface area contributed by atoms with Gasteiger partial charge in [-0.3, -0.25) is 0 Å². The molecule has 0 radical (unpaired) electrons. The molecule has 0 bridgehead atoms. The first-order valence-electron chi connectivity index (χ1n) is 6.79. The summed E-state index contributed by atoms with van der Waals surface area (Å²) in [6.45, 7) is 3.34. The standard InChI is InChI=1S/C15H21NO/c1-11-6-7-13(8-11)16-10-14-9-12-4-2-3-5-15(12)17-14/h2-5,11,13-14,16H,6-10H2,1H3. The lowest BCUT2D eigenvalue weighted by Crippen LogP contribution is -2.36. The number of para-hydroxylation sites is 1. The first kappa shape index (κ1) is 11.1. The molecule has 1 aliphatic carbocycles. The fourth-order valence-corrected chi connectivity index (χ4v) is 3.06. The lowest BCUT2D eigenvalue weighted by Gasteiger charge is -2.16. The van der Waals surface area contributed by atoms with E-state index >= 15 is 0 Å². The topological polar surface area (TPSA) is 21.3 Å². The number of nitrogens with one attached hydrogen (secondary N) is 1. The van der Waals surface area contributed by atoms with Gasteiger partial charge in [0.05, 0.1) is 0 Å². The molecule has 1 heterocycles. The zero-order valence-electron chi connectivity index (χ0n) is 10.5. The van der Waals surface area contributed by atoms with E-state index in [4.69, 9.17) is 4.74 Å². The summed E-state index contributed by atoms with van der Waals surface area (Å²) in [5.41, 5.74) is 1.36. The van der Waals surface area contributed by atoms with Crippen molar-refractivity contribution in [2.75, 3.05) is 6.54 Å². The van der Waals surface area contributed by atoms with Crippen molar-refractivity contribution < 1.29 is 4.74 Å². The minimum absolute atomic E-state index is 0.336. The van der Waals surface area contributed by atoms with E-state index in [0.717, 1.165) is 30.7 Å². The molecular weight excluding hydrogens is 210 g/mol. The van der Waals surface area contributed by atoms with Crippen LogP contribution in [-0.2, 0) is 6.42 Å². The van der Waals surface area contributed by atoms with Gasteiger partial charge in [0, 0.05) is 19.0 Å². The van der Waals surface area contributed by atoms with Crippen LogP contribution in [0.2, 0.25) is 0 Å². The maximum atomic E-state index is 5.93. The number of rotatable bonds is 3. The first-order valence-corrected chi connectivity index (χ1v) is 6.79. The molecule has 92 valence electrons. The highest BCUT2D eigenvalue weighted by Crippen LogP contribution is 2.28. The number of ether oxygens (including phenoxy) is 1. The third kappa shape index (κ3) is 2.47. The Labute approximate surface area is 103 Å². The molecule has 1 fully saturated rings. The van der Waals surface area contributed by atoms with Gasteiger partial charge in [0.1, 0.15) is 11.9 Å². The molecule has 3 rings (SSSR count). The van der Waals surface area contributed by atoms with E-state index < -0.39 is 0 Å². The summed E-state index contributed by atoms with van der Waals surface area (Å²) in [6.07, 6.45) is 5.44. The maximum absolute atomic E-state index is 5.93. The zero-order chi connectivity index (χ0) is 11.7. The zero-order valence-corrected chi connectivity index (χ0v) is 10.5. The van der Waals surface area contributed by atoms with Crippen molar-refractivity contribution in [1.82, 2.24) is 5.32 Å². The van der Waals surface area contributed by atoms with Crippen LogP contribution in [0.1, 0.15) is 31.7 Å². The average Bonchev–Trinajstić information content (AvgIpc) is 2.91. The van der Waals surface area contributed by atoms with Crippen LogP contribution in [0.5, 0.6) is 5.75 Å². The summed E-state index contributed by atoms with van der Waals surface area (Å²) in [4.78, 5) is 0. The van der Waals surface area contributed by atoms with Gasteiger partial charge in [0.15, 0.2) is 0 Å². The summed E-state index contributed by atoms with van der Waals surface area (Å²) >= 11 is 0. The number of hydrogen-bond acceptors (Lipinski definition) is 2. The van der Waals surface area contributed by atoms with Gasteiger partial charge in [-0.1, -0.05) is 25.1 Å². The van der Waals surface area contributed by atoms with Gasteiger partial charge in [-0.2, -0.15) is 0 Å². The fraction of sp³-hybridized carbons (Fsp3) is 0.600. The molecule has 2 aliphatic rings. The van der Waals surface area contributed by atoms with Gasteiger partial charge >= 0.3 is 0 Å². The SMILES string of the molecule is CC1CCC(NCC2Cc3ccccc3O2)C1. The summed E-state index contributed by atoms with van der Waals surface area (Å²) in [7, 11) is 0. The Hall–Kier alpha value is -1.02. The van der Waals surface area contributed by atoms with Crippen molar-refractivity contribution >= 4 is 0 Å². The van der Waals surface area contributed by atoms with Gasteiger partial charge < -0.3 is 10.1 Å². The molecule has 1 saturated carbocycles. The van der Waals surface area contributed by atoms with E-state index in [0.29, 0.717) is 6.10 Å². The van der Waals surface area contributed by atoms with Crippen LogP contribution in [-0.4, -0.2) is 18.7 Å². The van der Waals surface area contributed by atoms with E-state index in [1.54, 1.807) is 0 Å². The summed E-state index contributed by atoms with van der Waals surface area (Å²) in [5, 5.41) is 3.66. The molecule has 2 nitrogen and oxygen atoms in total. The molecule has 0 aromatic heterocycles. The van der Waals surface area contributed by atoms with Crippen molar-refractivity contribution in [3.05, 3.63) is 29.8 Å². The van der Waals surface area contributed by atoms with Crippen molar-refractivity contribution in [3.63, 3.8) is 0 Å². The van der Waals surface area contributed by atoms with Crippen LogP contribution in [0.15, 0.2) is 24.3 Å². The van der Waals surface area contributed by atoms with Crippen LogP contribution < -0.4 is 10.1 Å². The van der Waals surface area contributed by atoms with Crippen LogP contribution in [0, 0.1) is 5.92 Å². The monoisotopic (exact) mass is 231 g/mol. The third-order valence-corrected chi connectivity index (χ3v) is 4.04. The molecule has 0 spiro atoms. The number of benzene rings is 1. The molecule has 3 unspecified atom stereocenters. The minimum atomic E-state index is 0.336. The van der Waals surface area contributed by atoms with E-state index in [-0.39, 0.29) is 0 Å². The highest BCUT2D eigenvalue weighted by Gasteiger charge is 2.25. The Balaban J connectivity index is 1.49. The highest BCUT2D eigenvalue weighted by molar-refractivity contribution is 5.37. The minimum Gasteiger partial charge on any atom is -0.488 e. The molecule has 3 atom stereocenters. The van der Waals surface area contributed by atoms with E-state index in [1.807, 2.05) is 6.07 Å². The fourth-order valence-electron chi connectivity index (χ4n) is 3.06. The Morgan fingerprint density at radius 2 is 2.18 bits per heavy atom. The molecule has 2 heteroatoms. The summed E-state index contributed by atoms with van der Waals surface area (Å²) in [6, 6.07) is 9.11. The number of fused-ring (bicyclic) bond motifs is 1. The summed E-state index contributed by atoms with van der Waals surface area (Å²) < 4.78 is 5.93. The predicted octanol–water partition coefficient (Wildman–Crippen LogP) is 2.77. The second kappa shape index (κ2) is 4.69. The predicted molar refractivity (Wildman–Crippen MR) is 69.4 cm³/mol. The van der Waals surface area contributed by atoms with Crippen molar-refractivity contribution in [2.45, 2.75) is 44.8 Å². The molecule has 1 aromatic carbocycles. The molecular formula is C15H21NO. The van der Waals surface area contributed by atoms with Crippen molar-refractivity contribution in [3.8, 4) is 5.75 Å². The quantitative estimate of drug-likeness (QED) is 0.863. The lowest BCUT2D eigenvalue weighted by atomic mass is 10.1. The van der Waals surface area contributed by atoms with E-state index in [1.165, 1.54) is 24.8 Å². The second-order valence-electron chi connectivity index (χ2n) is 5.58. The number of hydrogen-bond donors (Lipinski definition) is 1. The van der Waals surface area contributed by atoms with E-state index in [2.05, 4.69) is 30.4 Å². The van der Waals surface area contributed by atoms with E-state index in [9.17, 15) is 0 Å². The normalized spacial score (nSPS) is 31.2. The molecule has 17 heavy (non-hydrogen) atoms. The molecule has 0 saturated heterocycles. The van der Waals surface area contributed by atoms with Crippen molar-refractivity contribution in [2.24, 2.45) is 5.92 Å². The van der Waals surface area contributed by atoms with Crippen molar-refractivity contribution in [1.29, 1.82) is 0 Å². The maximum Gasteiger partial charge on any atom is 0.123 e. The Bertz CT molecular complexity index is 365. The van der Waals surface area contributed by atoms with Gasteiger partial charge in [0.25, 0.3) is 0 Å². The smallest absolute Gasteiger partial charge is 0.123 e. The second-order valence-corrected chi connectivity index (χ2v) is 5.58. The van der Waals surface area contributed by atoms with Crippen LogP contribution in [0.4, 0.5) is 0 Å². The third-order valence-electron chi connectivity index (χ3n) is 4.04. The highest BCUT2D eigenvalue weighted by atomic mass is 16.5. The van der Waals surface area contributed by atoms with Crippen LogP contribution >= 0.6 is 0 Å². The molecule has 0 amide bonds. The Morgan fingerprint density at radius 3 is 2.94 bits per heavy atom. The lowest BCUT2D eigenvalue weighted by molar-refractivity contribution is 0.221. The van der Waals surface area contributed by atoms with Gasteiger partial charge in [-0.15, -0.1) is 0 Å². The molecule has 1 aromatic rings. The van der Waals surface area contributed by atoms with Gasteiger partial charge in [0.2, 0.25) is 0 Å².